The molecule has 26 heavy (non-hydrogen) atoms. The fraction of sp³-hybridized carbons (Fsp3) is 0.526. The van der Waals surface area contributed by atoms with Crippen LogP contribution in [0.5, 0.6) is 0 Å². The molecule has 2 aliphatic heterocycles. The van der Waals surface area contributed by atoms with Crippen molar-refractivity contribution >= 4 is 23.5 Å². The van der Waals surface area contributed by atoms with Gasteiger partial charge in [-0.25, -0.2) is 0 Å². The molecule has 0 radical (unpaired) electrons. The van der Waals surface area contributed by atoms with E-state index in [1.54, 1.807) is 0 Å². The third-order valence-electron chi connectivity index (χ3n) is 5.75. The molecule has 2 saturated heterocycles. The first-order valence-corrected chi connectivity index (χ1v) is 8.73. The first-order valence-electron chi connectivity index (χ1n) is 8.73. The molecule has 0 saturated carbocycles. The van der Waals surface area contributed by atoms with Crippen molar-refractivity contribution in [2.24, 2.45) is 11.8 Å². The molecular formula is C19H25N3O4. The van der Waals surface area contributed by atoms with Crippen molar-refractivity contribution in [2.75, 3.05) is 33.2 Å². The molecule has 7 nitrogen and oxygen atoms in total. The second-order valence-corrected chi connectivity index (χ2v) is 7.16. The number of fused-ring (bicyclic) bond motifs is 1. The van der Waals surface area contributed by atoms with Gasteiger partial charge in [0.15, 0.2) is 0 Å². The number of carbonyl (C=O) groups is 3. The number of imide groups is 1. The number of hydrogen-bond donors (Lipinski definition) is 1. The topological polar surface area (TPSA) is 79.0 Å². The highest BCUT2D eigenvalue weighted by molar-refractivity contribution is 6.09. The first-order chi connectivity index (χ1) is 12.3. The number of benzene rings is 1. The van der Waals surface area contributed by atoms with E-state index in [1.165, 1.54) is 14.2 Å². The van der Waals surface area contributed by atoms with E-state index in [2.05, 4.69) is 5.32 Å². The van der Waals surface area contributed by atoms with Crippen molar-refractivity contribution in [2.45, 2.75) is 24.9 Å². The third kappa shape index (κ3) is 2.41. The fourth-order valence-electron chi connectivity index (χ4n) is 4.25. The zero-order valence-corrected chi connectivity index (χ0v) is 15.8. The lowest BCUT2D eigenvalue weighted by Crippen LogP contribution is -2.55. The SMILES string of the molecule is CC[C@]1(C(=O)OC)N[C@H](c2ccc(N(C)C)cc2)[C@H]2C(=O)N(C)C(=O)[C@@H]21. The lowest BCUT2D eigenvalue weighted by Gasteiger charge is -2.30. The summed E-state index contributed by atoms with van der Waals surface area (Å²) in [6, 6.07) is 7.37. The van der Waals surface area contributed by atoms with Gasteiger partial charge in [-0.3, -0.25) is 24.6 Å². The summed E-state index contributed by atoms with van der Waals surface area (Å²) in [5, 5.41) is 3.30. The Hall–Kier alpha value is -2.41. The molecule has 1 N–H and O–H groups in total. The number of anilines is 1. The number of rotatable bonds is 4. The number of methoxy groups -OCH3 is 1. The molecule has 1 aromatic carbocycles. The predicted molar refractivity (Wildman–Crippen MR) is 96.4 cm³/mol. The summed E-state index contributed by atoms with van der Waals surface area (Å²) in [6.45, 7) is 1.83. The number of amides is 2. The van der Waals surface area contributed by atoms with Crippen LogP contribution in [0.3, 0.4) is 0 Å². The standard InChI is InChI=1S/C19H25N3O4/c1-6-19(18(25)26-5)14-13(16(23)22(4)17(14)24)15(20-19)11-7-9-12(10-8-11)21(2)3/h7-10,13-15,20H,6H2,1-5H3/t13-,14+,15+,19-/m0/s1. The number of hydrogen-bond acceptors (Lipinski definition) is 6. The summed E-state index contributed by atoms with van der Waals surface area (Å²) in [5.41, 5.74) is 0.715. The van der Waals surface area contributed by atoms with Crippen LogP contribution >= 0.6 is 0 Å². The van der Waals surface area contributed by atoms with Gasteiger partial charge in [0.05, 0.1) is 18.9 Å². The molecular weight excluding hydrogens is 334 g/mol. The number of nitrogens with one attached hydrogen (secondary N) is 1. The molecule has 2 aliphatic rings. The molecule has 1 aromatic rings. The van der Waals surface area contributed by atoms with Crippen LogP contribution in [0.4, 0.5) is 5.69 Å². The Kier molecular flexibility index (Phi) is 4.52. The summed E-state index contributed by atoms with van der Waals surface area (Å²) in [7, 11) is 6.69. The molecule has 140 valence electrons. The highest BCUT2D eigenvalue weighted by Crippen LogP contribution is 2.50. The van der Waals surface area contributed by atoms with Gasteiger partial charge in [0, 0.05) is 32.9 Å². The average molecular weight is 359 g/mol. The molecule has 0 aliphatic carbocycles. The monoisotopic (exact) mass is 359 g/mol. The van der Waals surface area contributed by atoms with Gasteiger partial charge in [0.2, 0.25) is 11.8 Å². The lowest BCUT2D eigenvalue weighted by atomic mass is 9.78. The molecule has 0 spiro atoms. The number of likely N-dealkylation sites (tertiary alicyclic amines) is 1. The highest BCUT2D eigenvalue weighted by atomic mass is 16.5. The molecule has 3 rings (SSSR count). The fourth-order valence-corrected chi connectivity index (χ4v) is 4.25. The van der Waals surface area contributed by atoms with Crippen LogP contribution in [-0.2, 0) is 19.1 Å². The molecule has 4 atom stereocenters. The maximum Gasteiger partial charge on any atom is 0.326 e. The first kappa shape index (κ1) is 18.4. The Morgan fingerprint density at radius 2 is 1.85 bits per heavy atom. The Bertz CT molecular complexity index is 746. The largest absolute Gasteiger partial charge is 0.468 e. The molecule has 2 heterocycles. The van der Waals surface area contributed by atoms with Crippen LogP contribution in [0, 0.1) is 11.8 Å². The van der Waals surface area contributed by atoms with Gasteiger partial charge in [0.1, 0.15) is 5.54 Å². The van der Waals surface area contributed by atoms with Gasteiger partial charge in [-0.15, -0.1) is 0 Å². The Morgan fingerprint density at radius 1 is 1.23 bits per heavy atom. The molecule has 2 amide bonds. The van der Waals surface area contributed by atoms with E-state index < -0.39 is 29.4 Å². The van der Waals surface area contributed by atoms with E-state index in [9.17, 15) is 14.4 Å². The van der Waals surface area contributed by atoms with Crippen LogP contribution in [0.25, 0.3) is 0 Å². The van der Waals surface area contributed by atoms with Crippen molar-refractivity contribution in [1.29, 1.82) is 0 Å². The molecule has 7 heteroatoms. The molecule has 0 aromatic heterocycles. The van der Waals surface area contributed by atoms with E-state index in [4.69, 9.17) is 4.74 Å². The minimum Gasteiger partial charge on any atom is -0.468 e. The van der Waals surface area contributed by atoms with Crippen molar-refractivity contribution in [3.05, 3.63) is 29.8 Å². The second kappa shape index (κ2) is 6.39. The molecule has 0 bridgehead atoms. The van der Waals surface area contributed by atoms with Gasteiger partial charge in [0.25, 0.3) is 0 Å². The van der Waals surface area contributed by atoms with Crippen LogP contribution in [-0.4, -0.2) is 56.5 Å². The van der Waals surface area contributed by atoms with Crippen molar-refractivity contribution in [3.63, 3.8) is 0 Å². The van der Waals surface area contributed by atoms with Crippen molar-refractivity contribution in [3.8, 4) is 0 Å². The number of nitrogens with zero attached hydrogens (tertiary/aromatic N) is 2. The summed E-state index contributed by atoms with van der Waals surface area (Å²) in [5.74, 6) is -2.45. The van der Waals surface area contributed by atoms with E-state index in [1.807, 2.05) is 50.2 Å². The maximum absolute atomic E-state index is 12.8. The van der Waals surface area contributed by atoms with Gasteiger partial charge >= 0.3 is 5.97 Å². The Morgan fingerprint density at radius 3 is 2.35 bits per heavy atom. The third-order valence-corrected chi connectivity index (χ3v) is 5.75. The Labute approximate surface area is 153 Å². The normalized spacial score (nSPS) is 30.5. The summed E-state index contributed by atoms with van der Waals surface area (Å²) >= 11 is 0. The minimum absolute atomic E-state index is 0.256. The Balaban J connectivity index is 2.08. The average Bonchev–Trinajstić information content (AvgIpc) is 3.11. The highest BCUT2D eigenvalue weighted by Gasteiger charge is 2.67. The van der Waals surface area contributed by atoms with Crippen LogP contribution < -0.4 is 10.2 Å². The summed E-state index contributed by atoms with van der Waals surface area (Å²) < 4.78 is 5.00. The predicted octanol–water partition coefficient (Wildman–Crippen LogP) is 0.950. The van der Waals surface area contributed by atoms with Gasteiger partial charge in [-0.2, -0.15) is 0 Å². The zero-order valence-electron chi connectivity index (χ0n) is 15.8. The lowest BCUT2D eigenvalue weighted by molar-refractivity contribution is -0.154. The van der Waals surface area contributed by atoms with Crippen LogP contribution in [0.15, 0.2) is 24.3 Å². The minimum atomic E-state index is -1.19. The number of esters is 1. The van der Waals surface area contributed by atoms with Gasteiger partial charge in [-0.05, 0) is 24.1 Å². The van der Waals surface area contributed by atoms with E-state index in [-0.39, 0.29) is 11.8 Å². The summed E-state index contributed by atoms with van der Waals surface area (Å²) in [6.07, 6.45) is 0.361. The smallest absolute Gasteiger partial charge is 0.326 e. The van der Waals surface area contributed by atoms with Crippen molar-refractivity contribution < 1.29 is 19.1 Å². The summed E-state index contributed by atoms with van der Waals surface area (Å²) in [4.78, 5) is 41.3. The molecule has 0 unspecified atom stereocenters. The maximum atomic E-state index is 12.8. The van der Waals surface area contributed by atoms with Gasteiger partial charge < -0.3 is 9.64 Å². The molecule has 2 fully saturated rings. The second-order valence-electron chi connectivity index (χ2n) is 7.16. The number of ether oxygens (including phenoxy) is 1. The van der Waals surface area contributed by atoms with E-state index in [0.29, 0.717) is 6.42 Å². The van der Waals surface area contributed by atoms with Crippen LogP contribution in [0.2, 0.25) is 0 Å². The van der Waals surface area contributed by atoms with Crippen LogP contribution in [0.1, 0.15) is 24.9 Å². The quantitative estimate of drug-likeness (QED) is 0.637. The number of carbonyl (C=O) groups excluding carboxylic acids is 3. The van der Waals surface area contributed by atoms with Crippen molar-refractivity contribution in [1.82, 2.24) is 10.2 Å². The van der Waals surface area contributed by atoms with E-state index >= 15 is 0 Å². The van der Waals surface area contributed by atoms with E-state index in [0.717, 1.165) is 16.2 Å². The van der Waals surface area contributed by atoms with Gasteiger partial charge in [-0.1, -0.05) is 19.1 Å². The zero-order chi connectivity index (χ0) is 19.2.